The third kappa shape index (κ3) is 3.92. The molecule has 0 radical (unpaired) electrons. The van der Waals surface area contributed by atoms with Gasteiger partial charge in [-0.3, -0.25) is 0 Å². The SMILES string of the molecule is CC(NCC(C)(O)c1ccccc1)c1cccc(Br)c1. The smallest absolute Gasteiger partial charge is 0.0992 e. The van der Waals surface area contributed by atoms with E-state index in [4.69, 9.17) is 0 Å². The molecule has 2 aromatic rings. The van der Waals surface area contributed by atoms with E-state index in [2.05, 4.69) is 40.3 Å². The van der Waals surface area contributed by atoms with Gasteiger partial charge in [0.1, 0.15) is 0 Å². The van der Waals surface area contributed by atoms with Crippen LogP contribution in [0.1, 0.15) is 31.0 Å². The van der Waals surface area contributed by atoms with Gasteiger partial charge in [-0.15, -0.1) is 0 Å². The average molecular weight is 334 g/mol. The van der Waals surface area contributed by atoms with Gasteiger partial charge in [0, 0.05) is 17.1 Å². The number of aliphatic hydroxyl groups is 1. The Morgan fingerprint density at radius 3 is 2.50 bits per heavy atom. The highest BCUT2D eigenvalue weighted by molar-refractivity contribution is 9.10. The molecule has 0 bridgehead atoms. The maximum atomic E-state index is 10.6. The number of nitrogens with one attached hydrogen (secondary N) is 1. The molecule has 0 aromatic heterocycles. The quantitative estimate of drug-likeness (QED) is 0.866. The third-order valence-electron chi connectivity index (χ3n) is 3.50. The Balaban J connectivity index is 2.01. The van der Waals surface area contributed by atoms with E-state index >= 15 is 0 Å². The van der Waals surface area contributed by atoms with Crippen LogP contribution in [0.3, 0.4) is 0 Å². The van der Waals surface area contributed by atoms with Gasteiger partial charge in [0.2, 0.25) is 0 Å². The molecule has 0 aliphatic heterocycles. The summed E-state index contributed by atoms with van der Waals surface area (Å²) in [6, 6.07) is 18.1. The fourth-order valence-corrected chi connectivity index (χ4v) is 2.56. The average Bonchev–Trinajstić information content (AvgIpc) is 2.46. The van der Waals surface area contributed by atoms with Crippen molar-refractivity contribution in [3.63, 3.8) is 0 Å². The highest BCUT2D eigenvalue weighted by Gasteiger charge is 2.23. The lowest BCUT2D eigenvalue weighted by molar-refractivity contribution is 0.0543. The van der Waals surface area contributed by atoms with Crippen LogP contribution in [0.5, 0.6) is 0 Å². The van der Waals surface area contributed by atoms with E-state index in [-0.39, 0.29) is 6.04 Å². The summed E-state index contributed by atoms with van der Waals surface area (Å²) in [4.78, 5) is 0. The molecule has 2 aromatic carbocycles. The summed E-state index contributed by atoms with van der Waals surface area (Å²) in [5.41, 5.74) is 1.25. The van der Waals surface area contributed by atoms with E-state index < -0.39 is 5.60 Å². The molecule has 3 heteroatoms. The molecule has 0 aliphatic rings. The first-order chi connectivity index (χ1) is 9.49. The molecule has 106 valence electrons. The van der Waals surface area contributed by atoms with Crippen molar-refractivity contribution in [3.05, 3.63) is 70.2 Å². The van der Waals surface area contributed by atoms with Gasteiger partial charge in [0.25, 0.3) is 0 Å². The molecule has 2 N–H and O–H groups in total. The molecule has 0 saturated carbocycles. The Morgan fingerprint density at radius 2 is 1.85 bits per heavy atom. The van der Waals surface area contributed by atoms with E-state index in [1.165, 1.54) is 5.56 Å². The summed E-state index contributed by atoms with van der Waals surface area (Å²) in [5, 5.41) is 14.0. The van der Waals surface area contributed by atoms with Crippen LogP contribution in [0, 0.1) is 0 Å². The van der Waals surface area contributed by atoms with Crippen molar-refractivity contribution < 1.29 is 5.11 Å². The van der Waals surface area contributed by atoms with E-state index in [1.807, 2.05) is 49.4 Å². The minimum absolute atomic E-state index is 0.183. The van der Waals surface area contributed by atoms with Crippen LogP contribution in [0.2, 0.25) is 0 Å². The molecule has 0 fully saturated rings. The molecule has 0 heterocycles. The summed E-state index contributed by atoms with van der Waals surface area (Å²) in [7, 11) is 0. The molecule has 0 saturated heterocycles. The van der Waals surface area contributed by atoms with Gasteiger partial charge in [-0.05, 0) is 37.1 Å². The van der Waals surface area contributed by atoms with Crippen molar-refractivity contribution in [2.24, 2.45) is 0 Å². The molecular formula is C17H20BrNO. The van der Waals surface area contributed by atoms with Crippen molar-refractivity contribution in [1.29, 1.82) is 0 Å². The number of halogens is 1. The molecule has 2 unspecified atom stereocenters. The predicted octanol–water partition coefficient (Wildman–Crippen LogP) is 4.01. The minimum atomic E-state index is -0.873. The summed E-state index contributed by atoms with van der Waals surface area (Å²) in [6.45, 7) is 4.44. The lowest BCUT2D eigenvalue weighted by Gasteiger charge is -2.26. The van der Waals surface area contributed by atoms with Crippen molar-refractivity contribution in [2.45, 2.75) is 25.5 Å². The normalized spacial score (nSPS) is 15.6. The van der Waals surface area contributed by atoms with Crippen molar-refractivity contribution in [3.8, 4) is 0 Å². The number of hydrogen-bond acceptors (Lipinski definition) is 2. The number of hydrogen-bond donors (Lipinski definition) is 2. The summed E-state index contributed by atoms with van der Waals surface area (Å²) >= 11 is 3.48. The maximum Gasteiger partial charge on any atom is 0.0992 e. The summed E-state index contributed by atoms with van der Waals surface area (Å²) in [5.74, 6) is 0. The Labute approximate surface area is 129 Å². The highest BCUT2D eigenvalue weighted by atomic mass is 79.9. The van der Waals surface area contributed by atoms with Gasteiger partial charge in [0.05, 0.1) is 5.60 Å². The standard InChI is InChI=1S/C17H20BrNO/c1-13(14-7-6-10-16(18)11-14)19-12-17(2,20)15-8-4-3-5-9-15/h3-11,13,19-20H,12H2,1-2H3. The Bertz CT molecular complexity index is 554. The highest BCUT2D eigenvalue weighted by Crippen LogP contribution is 2.22. The fourth-order valence-electron chi connectivity index (χ4n) is 2.14. The van der Waals surface area contributed by atoms with Crippen LogP contribution in [-0.2, 0) is 5.60 Å². The zero-order valence-corrected chi connectivity index (χ0v) is 13.4. The summed E-state index contributed by atoms with van der Waals surface area (Å²) in [6.07, 6.45) is 0. The van der Waals surface area contributed by atoms with Crippen molar-refractivity contribution in [1.82, 2.24) is 5.32 Å². The first-order valence-corrected chi connectivity index (χ1v) is 7.55. The van der Waals surface area contributed by atoms with Gasteiger partial charge in [0.15, 0.2) is 0 Å². The summed E-state index contributed by atoms with van der Waals surface area (Å²) < 4.78 is 1.07. The Kier molecular flexibility index (Phi) is 4.97. The molecule has 0 spiro atoms. The van der Waals surface area contributed by atoms with Gasteiger partial charge >= 0.3 is 0 Å². The molecule has 2 rings (SSSR count). The Morgan fingerprint density at radius 1 is 1.15 bits per heavy atom. The fraction of sp³-hybridized carbons (Fsp3) is 0.294. The topological polar surface area (TPSA) is 32.3 Å². The first kappa shape index (κ1) is 15.2. The van der Waals surface area contributed by atoms with E-state index in [0.717, 1.165) is 10.0 Å². The molecule has 0 aliphatic carbocycles. The van der Waals surface area contributed by atoms with E-state index in [1.54, 1.807) is 0 Å². The zero-order valence-electron chi connectivity index (χ0n) is 11.8. The predicted molar refractivity (Wildman–Crippen MR) is 86.6 cm³/mol. The molecule has 20 heavy (non-hydrogen) atoms. The van der Waals surface area contributed by atoms with Gasteiger partial charge in [-0.2, -0.15) is 0 Å². The van der Waals surface area contributed by atoms with E-state index in [0.29, 0.717) is 6.54 Å². The largest absolute Gasteiger partial charge is 0.384 e. The van der Waals surface area contributed by atoms with Crippen molar-refractivity contribution in [2.75, 3.05) is 6.54 Å². The lowest BCUT2D eigenvalue weighted by atomic mass is 9.95. The van der Waals surface area contributed by atoms with Crippen molar-refractivity contribution >= 4 is 15.9 Å². The van der Waals surface area contributed by atoms with Gasteiger partial charge in [-0.1, -0.05) is 58.4 Å². The molecule has 2 atom stereocenters. The Hall–Kier alpha value is -1.16. The van der Waals surface area contributed by atoms with Crippen LogP contribution in [0.25, 0.3) is 0 Å². The first-order valence-electron chi connectivity index (χ1n) is 6.76. The number of rotatable bonds is 5. The maximum absolute atomic E-state index is 10.6. The number of benzene rings is 2. The van der Waals surface area contributed by atoms with Crippen LogP contribution >= 0.6 is 15.9 Å². The van der Waals surface area contributed by atoms with Crippen LogP contribution < -0.4 is 5.32 Å². The second-order valence-corrected chi connectivity index (χ2v) is 6.21. The molecular weight excluding hydrogens is 314 g/mol. The second-order valence-electron chi connectivity index (χ2n) is 5.30. The monoisotopic (exact) mass is 333 g/mol. The van der Waals surface area contributed by atoms with E-state index in [9.17, 15) is 5.11 Å². The molecule has 0 amide bonds. The third-order valence-corrected chi connectivity index (χ3v) is 3.99. The minimum Gasteiger partial charge on any atom is -0.384 e. The molecule has 2 nitrogen and oxygen atoms in total. The zero-order chi connectivity index (χ0) is 14.6. The second kappa shape index (κ2) is 6.53. The van der Waals surface area contributed by atoms with Gasteiger partial charge < -0.3 is 10.4 Å². The lowest BCUT2D eigenvalue weighted by Crippen LogP contribution is -2.36. The van der Waals surface area contributed by atoms with Crippen LogP contribution in [-0.4, -0.2) is 11.7 Å². The van der Waals surface area contributed by atoms with Crippen LogP contribution in [0.4, 0.5) is 0 Å². The van der Waals surface area contributed by atoms with Gasteiger partial charge in [-0.25, -0.2) is 0 Å². The van der Waals surface area contributed by atoms with Crippen LogP contribution in [0.15, 0.2) is 59.1 Å².